The first-order chi connectivity index (χ1) is 12.6. The van der Waals surface area contributed by atoms with Crippen LogP contribution in [0, 0.1) is 0 Å². The zero-order valence-corrected chi connectivity index (χ0v) is 17.8. The highest BCUT2D eigenvalue weighted by Crippen LogP contribution is 2.22. The summed E-state index contributed by atoms with van der Waals surface area (Å²) >= 11 is 11.9. The molecule has 0 spiro atoms. The number of carbonyl (C=O) groups excluding carboxylic acids is 2. The number of benzene rings is 1. The van der Waals surface area contributed by atoms with Crippen LogP contribution in [-0.4, -0.2) is 56.6 Å². The first-order valence-corrected chi connectivity index (χ1v) is 10.1. The third kappa shape index (κ3) is 8.47. The molecule has 150 valence electrons. The van der Waals surface area contributed by atoms with E-state index in [1.54, 1.807) is 18.2 Å². The Kier molecular flexibility index (Phi) is 7.91. The predicted octanol–water partition coefficient (Wildman–Crippen LogP) is 0.0201. The molecule has 1 aliphatic rings. The average molecular weight is 417 g/mol. The van der Waals surface area contributed by atoms with E-state index in [0.29, 0.717) is 28.8 Å². The van der Waals surface area contributed by atoms with Crippen LogP contribution < -0.4 is 20.4 Å². The van der Waals surface area contributed by atoms with E-state index in [2.05, 4.69) is 10.6 Å². The lowest BCUT2D eigenvalue weighted by Crippen LogP contribution is -3.18. The van der Waals surface area contributed by atoms with Gasteiger partial charge in [0.2, 0.25) is 0 Å². The second kappa shape index (κ2) is 9.73. The van der Waals surface area contributed by atoms with Crippen LogP contribution in [0.2, 0.25) is 10.0 Å². The van der Waals surface area contributed by atoms with Crippen molar-refractivity contribution in [2.24, 2.45) is 0 Å². The molecule has 2 amide bonds. The Morgan fingerprint density at radius 2 is 1.44 bits per heavy atom. The van der Waals surface area contributed by atoms with E-state index in [4.69, 9.17) is 23.2 Å². The van der Waals surface area contributed by atoms with Crippen molar-refractivity contribution >= 4 is 40.7 Å². The third-order valence-electron chi connectivity index (χ3n) is 4.37. The van der Waals surface area contributed by atoms with Crippen LogP contribution in [0.4, 0.5) is 5.69 Å². The van der Waals surface area contributed by atoms with Gasteiger partial charge in [0, 0.05) is 27.7 Å². The normalized spacial score (nSPS) is 20.6. The lowest BCUT2D eigenvalue weighted by Gasteiger charge is -2.22. The minimum absolute atomic E-state index is 0.0581. The molecular formula is C19H30Cl2N4O2+2. The lowest BCUT2D eigenvalue weighted by atomic mass is 10.1. The summed E-state index contributed by atoms with van der Waals surface area (Å²) in [5.74, 6) is 0.0220. The molecule has 1 fully saturated rings. The van der Waals surface area contributed by atoms with Crippen LogP contribution >= 0.6 is 23.2 Å². The van der Waals surface area contributed by atoms with Crippen LogP contribution in [0.1, 0.15) is 27.2 Å². The second-order valence-corrected chi connectivity index (χ2v) is 9.08. The van der Waals surface area contributed by atoms with Crippen molar-refractivity contribution < 1.29 is 19.4 Å². The zero-order valence-electron chi connectivity index (χ0n) is 16.3. The average Bonchev–Trinajstić information content (AvgIpc) is 2.69. The summed E-state index contributed by atoms with van der Waals surface area (Å²) in [6, 6.07) is 5.00. The Labute approximate surface area is 171 Å². The van der Waals surface area contributed by atoms with Crippen molar-refractivity contribution in [1.29, 1.82) is 0 Å². The minimum Gasteiger partial charge on any atom is -0.347 e. The summed E-state index contributed by atoms with van der Waals surface area (Å²) in [7, 11) is 0. The topological polar surface area (TPSA) is 67.1 Å². The number of nitrogens with one attached hydrogen (secondary N) is 4. The molecule has 0 saturated carbocycles. The Bertz CT molecular complexity index is 656. The zero-order chi connectivity index (χ0) is 20.0. The van der Waals surface area contributed by atoms with Crippen LogP contribution in [0.25, 0.3) is 0 Å². The largest absolute Gasteiger partial charge is 0.347 e. The van der Waals surface area contributed by atoms with Crippen molar-refractivity contribution in [3.05, 3.63) is 28.2 Å². The van der Waals surface area contributed by atoms with Gasteiger partial charge >= 0.3 is 0 Å². The number of quaternary nitrogens is 2. The summed E-state index contributed by atoms with van der Waals surface area (Å²) in [5, 5.41) is 6.86. The van der Waals surface area contributed by atoms with Gasteiger partial charge in [0.05, 0.1) is 13.1 Å². The monoisotopic (exact) mass is 416 g/mol. The number of hydrogen-bond donors (Lipinski definition) is 4. The molecule has 0 radical (unpaired) electrons. The Hall–Kier alpha value is -1.34. The van der Waals surface area contributed by atoms with Crippen molar-refractivity contribution in [2.75, 3.05) is 44.6 Å². The Morgan fingerprint density at radius 3 is 1.96 bits per heavy atom. The standard InChI is InChI=1S/C19H28Cl2N4O2/c1-19(2,3)23-18(27)13-25-6-4-5-24(7-8-25)12-17(26)22-16-10-14(20)9-15(21)11-16/h9-11H,4-8,12-13H2,1-3H3,(H,22,26)(H,23,27)/p+2. The van der Waals surface area contributed by atoms with Gasteiger partial charge in [0.15, 0.2) is 13.1 Å². The predicted molar refractivity (Wildman–Crippen MR) is 109 cm³/mol. The summed E-state index contributed by atoms with van der Waals surface area (Å²) < 4.78 is 0. The first-order valence-electron chi connectivity index (χ1n) is 9.35. The van der Waals surface area contributed by atoms with Crippen molar-refractivity contribution in [2.45, 2.75) is 32.7 Å². The van der Waals surface area contributed by atoms with E-state index < -0.39 is 0 Å². The van der Waals surface area contributed by atoms with Crippen molar-refractivity contribution in [1.82, 2.24) is 5.32 Å². The Balaban J connectivity index is 1.80. The van der Waals surface area contributed by atoms with Crippen LogP contribution in [0.5, 0.6) is 0 Å². The molecule has 1 heterocycles. The van der Waals surface area contributed by atoms with Gasteiger partial charge in [-0.05, 0) is 39.0 Å². The van der Waals surface area contributed by atoms with Gasteiger partial charge in [0.25, 0.3) is 11.8 Å². The summed E-state index contributed by atoms with van der Waals surface area (Å²) in [6.07, 6.45) is 0.990. The fraction of sp³-hybridized carbons (Fsp3) is 0.579. The molecule has 0 aromatic heterocycles. The minimum atomic E-state index is -0.207. The number of rotatable bonds is 5. The van der Waals surface area contributed by atoms with Crippen LogP contribution in [0.3, 0.4) is 0 Å². The van der Waals surface area contributed by atoms with Gasteiger partial charge in [-0.1, -0.05) is 23.2 Å². The molecule has 1 aromatic rings. The van der Waals surface area contributed by atoms with Crippen LogP contribution in [-0.2, 0) is 9.59 Å². The third-order valence-corrected chi connectivity index (χ3v) is 4.81. The maximum atomic E-state index is 12.3. The molecule has 2 unspecified atom stereocenters. The van der Waals surface area contributed by atoms with E-state index in [9.17, 15) is 9.59 Å². The van der Waals surface area contributed by atoms with Crippen molar-refractivity contribution in [3.8, 4) is 0 Å². The maximum Gasteiger partial charge on any atom is 0.279 e. The quantitative estimate of drug-likeness (QED) is 0.546. The summed E-state index contributed by atoms with van der Waals surface area (Å²) in [5.41, 5.74) is 0.402. The number of anilines is 1. The molecule has 1 aliphatic heterocycles. The second-order valence-electron chi connectivity index (χ2n) is 8.21. The highest BCUT2D eigenvalue weighted by molar-refractivity contribution is 6.35. The van der Waals surface area contributed by atoms with E-state index in [1.807, 2.05) is 20.8 Å². The van der Waals surface area contributed by atoms with Gasteiger partial charge in [-0.2, -0.15) is 0 Å². The first kappa shape index (κ1) is 22.0. The Morgan fingerprint density at radius 1 is 0.926 bits per heavy atom. The molecule has 2 atom stereocenters. The van der Waals surface area contributed by atoms with Crippen molar-refractivity contribution in [3.63, 3.8) is 0 Å². The highest BCUT2D eigenvalue weighted by Gasteiger charge is 2.25. The molecule has 6 nitrogen and oxygen atoms in total. The maximum absolute atomic E-state index is 12.3. The molecule has 2 rings (SSSR count). The van der Waals surface area contributed by atoms with E-state index in [-0.39, 0.29) is 17.4 Å². The SMILES string of the molecule is CC(C)(C)NC(=O)C[NH+]1CCC[NH+](CC(=O)Nc2cc(Cl)cc(Cl)c2)CC1. The number of hydrogen-bond acceptors (Lipinski definition) is 2. The summed E-state index contributed by atoms with van der Waals surface area (Å²) in [4.78, 5) is 27.0. The molecule has 0 aliphatic carbocycles. The number of amides is 2. The van der Waals surface area contributed by atoms with E-state index in [1.165, 1.54) is 9.80 Å². The van der Waals surface area contributed by atoms with Gasteiger partial charge < -0.3 is 20.4 Å². The molecule has 0 bridgehead atoms. The van der Waals surface area contributed by atoms with Crippen LogP contribution in [0.15, 0.2) is 18.2 Å². The molecule has 1 saturated heterocycles. The van der Waals surface area contributed by atoms with Gasteiger partial charge in [-0.15, -0.1) is 0 Å². The summed E-state index contributed by atoms with van der Waals surface area (Å²) in [6.45, 7) is 10.5. The molecule has 1 aromatic carbocycles. The molecule has 27 heavy (non-hydrogen) atoms. The lowest BCUT2D eigenvalue weighted by molar-refractivity contribution is -0.930. The molecule has 8 heteroatoms. The smallest absolute Gasteiger partial charge is 0.279 e. The molecule has 4 N–H and O–H groups in total. The van der Waals surface area contributed by atoms with Gasteiger partial charge in [-0.3, -0.25) is 9.59 Å². The number of carbonyl (C=O) groups is 2. The van der Waals surface area contributed by atoms with E-state index >= 15 is 0 Å². The van der Waals surface area contributed by atoms with E-state index in [0.717, 1.165) is 32.6 Å². The molecular weight excluding hydrogens is 387 g/mol. The fourth-order valence-electron chi connectivity index (χ4n) is 3.29. The fourth-order valence-corrected chi connectivity index (χ4v) is 3.82. The highest BCUT2D eigenvalue weighted by atomic mass is 35.5. The number of halogens is 2. The van der Waals surface area contributed by atoms with Gasteiger partial charge in [-0.25, -0.2) is 0 Å². The van der Waals surface area contributed by atoms with Gasteiger partial charge in [0.1, 0.15) is 13.1 Å².